The van der Waals surface area contributed by atoms with E-state index in [1.54, 1.807) is 0 Å². The van der Waals surface area contributed by atoms with Crippen LogP contribution in [0.1, 0.15) is 24.9 Å². The summed E-state index contributed by atoms with van der Waals surface area (Å²) in [6.07, 6.45) is 0.610. The van der Waals surface area contributed by atoms with E-state index >= 15 is 0 Å². The minimum Gasteiger partial charge on any atom is -0.207 e. The van der Waals surface area contributed by atoms with Crippen LogP contribution in [0.25, 0.3) is 0 Å². The Hall–Kier alpha value is -1.72. The Morgan fingerprint density at radius 1 is 1.10 bits per heavy atom. The van der Waals surface area contributed by atoms with Gasteiger partial charge in [0.25, 0.3) is 0 Å². The molecule has 0 amide bonds. The van der Waals surface area contributed by atoms with E-state index in [0.29, 0.717) is 6.42 Å². The van der Waals surface area contributed by atoms with Crippen LogP contribution in [0, 0.1) is 5.82 Å². The van der Waals surface area contributed by atoms with Crippen molar-refractivity contribution in [1.29, 1.82) is 0 Å². The summed E-state index contributed by atoms with van der Waals surface area (Å²) in [6, 6.07) is 14.0. The molecular weight excluding hydrogens is 277 g/mol. The molecule has 1 atom stereocenters. The van der Waals surface area contributed by atoms with Crippen LogP contribution in [0.4, 0.5) is 4.39 Å². The van der Waals surface area contributed by atoms with Crippen molar-refractivity contribution in [1.82, 2.24) is 4.72 Å². The van der Waals surface area contributed by atoms with Gasteiger partial charge < -0.3 is 0 Å². The molecule has 0 radical (unpaired) electrons. The maximum absolute atomic E-state index is 13.1. The van der Waals surface area contributed by atoms with Gasteiger partial charge >= 0.3 is 0 Å². The Balaban J connectivity index is 2.27. The highest BCUT2D eigenvalue weighted by atomic mass is 32.2. The van der Waals surface area contributed by atoms with E-state index in [1.165, 1.54) is 18.2 Å². The lowest BCUT2D eigenvalue weighted by atomic mass is 10.1. The van der Waals surface area contributed by atoms with Gasteiger partial charge in [0.15, 0.2) is 0 Å². The largest absolute Gasteiger partial charge is 0.241 e. The summed E-state index contributed by atoms with van der Waals surface area (Å²) in [5.74, 6) is -0.569. The van der Waals surface area contributed by atoms with Gasteiger partial charge in [0.1, 0.15) is 5.82 Å². The van der Waals surface area contributed by atoms with E-state index in [4.69, 9.17) is 0 Å². The molecule has 0 aliphatic rings. The molecular formula is C15H16FNO2S. The second kappa shape index (κ2) is 6.15. The van der Waals surface area contributed by atoms with Crippen LogP contribution in [-0.2, 0) is 10.0 Å². The molecule has 20 heavy (non-hydrogen) atoms. The molecule has 2 aromatic carbocycles. The first-order valence-corrected chi connectivity index (χ1v) is 7.84. The Labute approximate surface area is 118 Å². The van der Waals surface area contributed by atoms with Crippen molar-refractivity contribution >= 4 is 10.0 Å². The first-order valence-electron chi connectivity index (χ1n) is 6.36. The third-order valence-corrected chi connectivity index (χ3v) is 4.48. The third-order valence-electron chi connectivity index (χ3n) is 3.01. The molecule has 0 saturated heterocycles. The Morgan fingerprint density at radius 2 is 1.80 bits per heavy atom. The van der Waals surface area contributed by atoms with Crippen LogP contribution in [0.2, 0.25) is 0 Å². The maximum Gasteiger partial charge on any atom is 0.241 e. The van der Waals surface area contributed by atoms with Gasteiger partial charge in [-0.05, 0) is 30.2 Å². The van der Waals surface area contributed by atoms with Gasteiger partial charge in [-0.3, -0.25) is 0 Å². The van der Waals surface area contributed by atoms with Crippen molar-refractivity contribution in [2.45, 2.75) is 24.3 Å². The number of benzene rings is 2. The highest BCUT2D eigenvalue weighted by molar-refractivity contribution is 7.89. The van der Waals surface area contributed by atoms with Gasteiger partial charge in [0.2, 0.25) is 10.0 Å². The minimum absolute atomic E-state index is 0.0631. The second-order valence-corrected chi connectivity index (χ2v) is 6.16. The van der Waals surface area contributed by atoms with Crippen LogP contribution in [0.5, 0.6) is 0 Å². The van der Waals surface area contributed by atoms with Gasteiger partial charge in [-0.2, -0.15) is 0 Å². The quantitative estimate of drug-likeness (QED) is 0.919. The number of halogens is 1. The number of nitrogens with one attached hydrogen (secondary N) is 1. The SMILES string of the molecule is CC[C@H](NS(=O)(=O)c1cccc(F)c1)c1ccccc1. The lowest BCUT2D eigenvalue weighted by Gasteiger charge is -2.17. The normalized spacial score (nSPS) is 13.1. The molecule has 2 aromatic rings. The van der Waals surface area contributed by atoms with Gasteiger partial charge in [-0.1, -0.05) is 43.3 Å². The van der Waals surface area contributed by atoms with Gasteiger partial charge in [-0.25, -0.2) is 17.5 Å². The predicted molar refractivity (Wildman–Crippen MR) is 76.2 cm³/mol. The first-order chi connectivity index (χ1) is 9.53. The molecule has 0 unspecified atom stereocenters. The Morgan fingerprint density at radius 3 is 2.40 bits per heavy atom. The summed E-state index contributed by atoms with van der Waals surface area (Å²) in [7, 11) is -3.73. The average molecular weight is 293 g/mol. The molecule has 0 saturated carbocycles. The fourth-order valence-electron chi connectivity index (χ4n) is 1.96. The van der Waals surface area contributed by atoms with Crippen molar-refractivity contribution < 1.29 is 12.8 Å². The number of rotatable bonds is 5. The molecule has 5 heteroatoms. The van der Waals surface area contributed by atoms with Crippen molar-refractivity contribution in [3.8, 4) is 0 Å². The lowest BCUT2D eigenvalue weighted by molar-refractivity contribution is 0.548. The Bertz CT molecular complexity index is 671. The van der Waals surface area contributed by atoms with Crippen LogP contribution in [0.15, 0.2) is 59.5 Å². The molecule has 0 aliphatic carbocycles. The third kappa shape index (κ3) is 3.43. The van der Waals surface area contributed by atoms with Crippen LogP contribution >= 0.6 is 0 Å². The predicted octanol–water partition coefficient (Wildman–Crippen LogP) is 3.26. The van der Waals surface area contributed by atoms with Gasteiger partial charge in [-0.15, -0.1) is 0 Å². The maximum atomic E-state index is 13.1. The van der Waals surface area contributed by atoms with E-state index < -0.39 is 15.8 Å². The minimum atomic E-state index is -3.73. The first kappa shape index (κ1) is 14.7. The highest BCUT2D eigenvalue weighted by Gasteiger charge is 2.20. The fraction of sp³-hybridized carbons (Fsp3) is 0.200. The zero-order valence-electron chi connectivity index (χ0n) is 11.1. The van der Waals surface area contributed by atoms with E-state index in [9.17, 15) is 12.8 Å². The van der Waals surface area contributed by atoms with E-state index in [0.717, 1.165) is 11.6 Å². The summed E-state index contributed by atoms with van der Waals surface area (Å²) in [5.41, 5.74) is 0.884. The molecule has 0 bridgehead atoms. The van der Waals surface area contributed by atoms with Crippen molar-refractivity contribution in [2.24, 2.45) is 0 Å². The topological polar surface area (TPSA) is 46.2 Å². The number of hydrogen-bond acceptors (Lipinski definition) is 2. The van der Waals surface area contributed by atoms with E-state index in [2.05, 4.69) is 4.72 Å². The van der Waals surface area contributed by atoms with Crippen LogP contribution in [-0.4, -0.2) is 8.42 Å². The van der Waals surface area contributed by atoms with Crippen LogP contribution < -0.4 is 4.72 Å². The zero-order valence-corrected chi connectivity index (χ0v) is 11.9. The summed E-state index contributed by atoms with van der Waals surface area (Å²) >= 11 is 0. The lowest BCUT2D eigenvalue weighted by Crippen LogP contribution is -2.28. The number of hydrogen-bond donors (Lipinski definition) is 1. The molecule has 1 N–H and O–H groups in total. The smallest absolute Gasteiger partial charge is 0.207 e. The van der Waals surface area contributed by atoms with Crippen LogP contribution in [0.3, 0.4) is 0 Å². The van der Waals surface area contributed by atoms with Crippen molar-refractivity contribution in [3.05, 3.63) is 66.0 Å². The molecule has 2 rings (SSSR count). The molecule has 0 aromatic heterocycles. The van der Waals surface area contributed by atoms with Gasteiger partial charge in [0, 0.05) is 6.04 Å². The monoisotopic (exact) mass is 293 g/mol. The number of sulfonamides is 1. The van der Waals surface area contributed by atoms with Crippen molar-refractivity contribution in [3.63, 3.8) is 0 Å². The Kier molecular flexibility index (Phi) is 4.52. The summed E-state index contributed by atoms with van der Waals surface area (Å²) in [5, 5.41) is 0. The standard InChI is InChI=1S/C15H16FNO2S/c1-2-15(12-7-4-3-5-8-12)17-20(18,19)14-10-6-9-13(16)11-14/h3-11,15,17H,2H2,1H3/t15-/m0/s1. The highest BCUT2D eigenvalue weighted by Crippen LogP contribution is 2.20. The molecule has 3 nitrogen and oxygen atoms in total. The van der Waals surface area contributed by atoms with E-state index in [1.807, 2.05) is 37.3 Å². The summed E-state index contributed by atoms with van der Waals surface area (Å²) in [4.78, 5) is -0.0631. The summed E-state index contributed by atoms with van der Waals surface area (Å²) in [6.45, 7) is 1.89. The van der Waals surface area contributed by atoms with Gasteiger partial charge in [0.05, 0.1) is 4.90 Å². The van der Waals surface area contributed by atoms with E-state index in [-0.39, 0.29) is 10.9 Å². The molecule has 0 aliphatic heterocycles. The average Bonchev–Trinajstić information content (AvgIpc) is 2.46. The fourth-order valence-corrected chi connectivity index (χ4v) is 3.30. The summed E-state index contributed by atoms with van der Waals surface area (Å²) < 4.78 is 40.3. The molecule has 0 spiro atoms. The van der Waals surface area contributed by atoms with Crippen molar-refractivity contribution in [2.75, 3.05) is 0 Å². The zero-order chi connectivity index (χ0) is 14.6. The molecule has 0 heterocycles. The molecule has 0 fully saturated rings. The molecule has 106 valence electrons. The second-order valence-electron chi connectivity index (χ2n) is 4.45.